The Labute approximate surface area is 185 Å². The van der Waals surface area contributed by atoms with Gasteiger partial charge in [0, 0.05) is 10.7 Å². The first-order valence-electron chi connectivity index (χ1n) is 9.78. The van der Waals surface area contributed by atoms with Gasteiger partial charge in [-0.15, -0.1) is 0 Å². The Balaban J connectivity index is 1.75. The molecule has 6 heteroatoms. The number of benzene rings is 3. The van der Waals surface area contributed by atoms with E-state index in [-0.39, 0.29) is 18.1 Å². The van der Waals surface area contributed by atoms with E-state index in [0.29, 0.717) is 27.4 Å². The number of anilines is 1. The minimum absolute atomic E-state index is 0.0537. The van der Waals surface area contributed by atoms with Crippen molar-refractivity contribution in [1.82, 2.24) is 4.90 Å². The highest BCUT2D eigenvalue weighted by atomic mass is 35.5. The maximum Gasteiger partial charge on any atom is 0.278 e. The molecular formula is C25H20ClFN2O2. The van der Waals surface area contributed by atoms with Crippen LogP contribution in [0, 0.1) is 19.7 Å². The summed E-state index contributed by atoms with van der Waals surface area (Å²) in [5, 5.41) is 3.74. The molecule has 0 bridgehead atoms. The van der Waals surface area contributed by atoms with Crippen molar-refractivity contribution in [2.24, 2.45) is 0 Å². The number of carbonyl (C=O) groups is 2. The largest absolute Gasteiger partial charge is 0.350 e. The van der Waals surface area contributed by atoms with Gasteiger partial charge in [0.05, 0.1) is 12.1 Å². The Hall–Kier alpha value is -3.44. The average molecular weight is 435 g/mol. The molecule has 0 spiro atoms. The van der Waals surface area contributed by atoms with E-state index in [4.69, 9.17) is 11.6 Å². The highest BCUT2D eigenvalue weighted by Gasteiger charge is 2.39. The van der Waals surface area contributed by atoms with E-state index in [9.17, 15) is 14.0 Å². The van der Waals surface area contributed by atoms with Crippen LogP contribution in [0.4, 0.5) is 10.1 Å². The summed E-state index contributed by atoms with van der Waals surface area (Å²) in [5.41, 5.74) is 4.42. The highest BCUT2D eigenvalue weighted by molar-refractivity contribution is 6.36. The molecule has 1 N–H and O–H groups in total. The number of hydrogen-bond acceptors (Lipinski definition) is 3. The monoisotopic (exact) mass is 434 g/mol. The summed E-state index contributed by atoms with van der Waals surface area (Å²) in [6, 6.07) is 18.5. The number of hydrogen-bond donors (Lipinski definition) is 1. The van der Waals surface area contributed by atoms with E-state index in [1.807, 2.05) is 38.1 Å². The molecule has 156 valence electrons. The fourth-order valence-electron chi connectivity index (χ4n) is 3.50. The van der Waals surface area contributed by atoms with Gasteiger partial charge in [0.15, 0.2) is 0 Å². The Morgan fingerprint density at radius 2 is 1.58 bits per heavy atom. The fraction of sp³-hybridized carbons (Fsp3) is 0.120. The molecule has 1 heterocycles. The molecule has 0 saturated heterocycles. The van der Waals surface area contributed by atoms with Crippen LogP contribution >= 0.6 is 11.6 Å². The Kier molecular flexibility index (Phi) is 5.61. The summed E-state index contributed by atoms with van der Waals surface area (Å²) in [7, 11) is 0. The molecule has 1 aliphatic heterocycles. The lowest BCUT2D eigenvalue weighted by Crippen LogP contribution is -2.32. The van der Waals surface area contributed by atoms with Gasteiger partial charge in [0.2, 0.25) is 0 Å². The van der Waals surface area contributed by atoms with Gasteiger partial charge in [0.25, 0.3) is 11.8 Å². The van der Waals surface area contributed by atoms with E-state index in [1.165, 1.54) is 17.0 Å². The minimum Gasteiger partial charge on any atom is -0.350 e. The molecule has 3 aromatic rings. The quantitative estimate of drug-likeness (QED) is 0.540. The van der Waals surface area contributed by atoms with Gasteiger partial charge in [-0.05, 0) is 60.9 Å². The first-order valence-corrected chi connectivity index (χ1v) is 10.2. The van der Waals surface area contributed by atoms with Gasteiger partial charge in [-0.1, -0.05) is 53.6 Å². The van der Waals surface area contributed by atoms with E-state index in [0.717, 1.165) is 11.1 Å². The molecule has 4 nitrogen and oxygen atoms in total. The van der Waals surface area contributed by atoms with E-state index < -0.39 is 11.8 Å². The van der Waals surface area contributed by atoms with Gasteiger partial charge in [0.1, 0.15) is 11.5 Å². The van der Waals surface area contributed by atoms with Crippen LogP contribution in [0.1, 0.15) is 22.3 Å². The number of nitrogens with one attached hydrogen (secondary N) is 1. The molecular weight excluding hydrogens is 415 g/mol. The predicted octanol–water partition coefficient (Wildman–Crippen LogP) is 5.49. The number of imide groups is 1. The number of halogens is 2. The van der Waals surface area contributed by atoms with Crippen LogP contribution in [0.15, 0.2) is 72.4 Å². The smallest absolute Gasteiger partial charge is 0.278 e. The molecule has 1 aliphatic rings. The third-order valence-corrected chi connectivity index (χ3v) is 5.45. The maximum atomic E-state index is 13.3. The van der Waals surface area contributed by atoms with Crippen molar-refractivity contribution >= 4 is 34.7 Å². The molecule has 4 rings (SSSR count). The van der Waals surface area contributed by atoms with E-state index in [1.54, 1.807) is 30.3 Å². The van der Waals surface area contributed by atoms with Crippen LogP contribution < -0.4 is 5.32 Å². The van der Waals surface area contributed by atoms with Crippen molar-refractivity contribution in [2.75, 3.05) is 5.32 Å². The minimum atomic E-state index is -0.431. The second-order valence-electron chi connectivity index (χ2n) is 7.52. The van der Waals surface area contributed by atoms with Gasteiger partial charge < -0.3 is 5.32 Å². The number of aryl methyl sites for hydroxylation is 2. The van der Waals surface area contributed by atoms with Crippen LogP contribution in [0.25, 0.3) is 5.57 Å². The highest BCUT2D eigenvalue weighted by Crippen LogP contribution is 2.33. The Morgan fingerprint density at radius 3 is 2.23 bits per heavy atom. The molecule has 3 aromatic carbocycles. The lowest BCUT2D eigenvalue weighted by atomic mass is 10.0. The standard InChI is InChI=1S/C25H20ClFN2O2/c1-15-3-7-18(8-4-15)22-23(28-21-12-9-19(26)13-16(21)2)25(31)29(24(22)30)14-17-5-10-20(27)11-6-17/h3-13,28H,14H2,1-2H3. The second-order valence-corrected chi connectivity index (χ2v) is 7.96. The number of rotatable bonds is 5. The van der Waals surface area contributed by atoms with Gasteiger partial charge >= 0.3 is 0 Å². The molecule has 0 atom stereocenters. The molecule has 0 fully saturated rings. The number of nitrogens with zero attached hydrogens (tertiary/aromatic N) is 1. The maximum absolute atomic E-state index is 13.3. The van der Waals surface area contributed by atoms with Crippen molar-refractivity contribution in [1.29, 1.82) is 0 Å². The summed E-state index contributed by atoms with van der Waals surface area (Å²) in [4.78, 5) is 27.8. The number of amides is 2. The summed E-state index contributed by atoms with van der Waals surface area (Å²) in [5.74, 6) is -1.20. The lowest BCUT2D eigenvalue weighted by molar-refractivity contribution is -0.137. The third kappa shape index (κ3) is 4.23. The van der Waals surface area contributed by atoms with Crippen LogP contribution in [-0.2, 0) is 16.1 Å². The zero-order valence-corrected chi connectivity index (χ0v) is 17.8. The Bertz CT molecular complexity index is 1200. The van der Waals surface area contributed by atoms with Crippen LogP contribution in [0.3, 0.4) is 0 Å². The van der Waals surface area contributed by atoms with Crippen LogP contribution in [0.5, 0.6) is 0 Å². The van der Waals surface area contributed by atoms with Crippen LogP contribution in [0.2, 0.25) is 5.02 Å². The zero-order chi connectivity index (χ0) is 22.1. The first-order chi connectivity index (χ1) is 14.8. The van der Waals surface area contributed by atoms with E-state index in [2.05, 4.69) is 5.32 Å². The van der Waals surface area contributed by atoms with E-state index >= 15 is 0 Å². The molecule has 2 amide bonds. The van der Waals surface area contributed by atoms with Crippen molar-refractivity contribution < 1.29 is 14.0 Å². The molecule has 0 saturated carbocycles. The number of carbonyl (C=O) groups excluding carboxylic acids is 2. The SMILES string of the molecule is Cc1ccc(C2=C(Nc3ccc(Cl)cc3C)C(=O)N(Cc3ccc(F)cc3)C2=O)cc1. The Morgan fingerprint density at radius 1 is 0.903 bits per heavy atom. The summed E-state index contributed by atoms with van der Waals surface area (Å²) < 4.78 is 13.3. The van der Waals surface area contributed by atoms with Crippen molar-refractivity contribution in [3.05, 3.63) is 106 Å². The van der Waals surface area contributed by atoms with Gasteiger partial charge in [-0.3, -0.25) is 14.5 Å². The average Bonchev–Trinajstić information content (AvgIpc) is 2.96. The molecule has 0 unspecified atom stereocenters. The summed E-state index contributed by atoms with van der Waals surface area (Å²) in [6.07, 6.45) is 0. The van der Waals surface area contributed by atoms with Crippen molar-refractivity contribution in [3.63, 3.8) is 0 Å². The zero-order valence-electron chi connectivity index (χ0n) is 17.1. The summed E-state index contributed by atoms with van der Waals surface area (Å²) >= 11 is 6.05. The molecule has 0 aliphatic carbocycles. The topological polar surface area (TPSA) is 49.4 Å². The van der Waals surface area contributed by atoms with Crippen molar-refractivity contribution in [2.45, 2.75) is 20.4 Å². The normalized spacial score (nSPS) is 13.9. The summed E-state index contributed by atoms with van der Waals surface area (Å²) in [6.45, 7) is 3.88. The fourth-order valence-corrected chi connectivity index (χ4v) is 3.72. The molecule has 31 heavy (non-hydrogen) atoms. The van der Waals surface area contributed by atoms with Crippen LogP contribution in [-0.4, -0.2) is 16.7 Å². The first kappa shape index (κ1) is 20.8. The molecule has 0 radical (unpaired) electrons. The molecule has 0 aromatic heterocycles. The predicted molar refractivity (Wildman–Crippen MR) is 120 cm³/mol. The third-order valence-electron chi connectivity index (χ3n) is 5.21. The second kappa shape index (κ2) is 8.36. The van der Waals surface area contributed by atoms with Crippen molar-refractivity contribution in [3.8, 4) is 0 Å². The lowest BCUT2D eigenvalue weighted by Gasteiger charge is -2.16. The van der Waals surface area contributed by atoms with Gasteiger partial charge in [-0.2, -0.15) is 0 Å². The van der Waals surface area contributed by atoms with Gasteiger partial charge in [-0.25, -0.2) is 4.39 Å².